The number of nitrogens with zero attached hydrogens (tertiary/aromatic N) is 6. The molecule has 4 heterocycles. The van der Waals surface area contributed by atoms with Crippen molar-refractivity contribution in [2.75, 3.05) is 31.5 Å². The quantitative estimate of drug-likeness (QED) is 0.510. The zero-order valence-electron chi connectivity index (χ0n) is 16.5. The summed E-state index contributed by atoms with van der Waals surface area (Å²) in [7, 11) is 0. The van der Waals surface area contributed by atoms with Crippen LogP contribution >= 0.6 is 0 Å². The minimum atomic E-state index is 0.682. The Morgan fingerprint density at radius 2 is 1.76 bits per heavy atom. The van der Waals surface area contributed by atoms with E-state index in [0.29, 0.717) is 5.82 Å². The van der Waals surface area contributed by atoms with E-state index in [-0.39, 0.29) is 0 Å². The third-order valence-corrected chi connectivity index (χ3v) is 5.50. The first-order valence-electron chi connectivity index (χ1n) is 10.4. The SMILES string of the molecule is c1ccc2c(c1)nc(NCCCN1CCCCC1)n1nc(-c3ccncc3)nc21. The Balaban J connectivity index is 1.42. The summed E-state index contributed by atoms with van der Waals surface area (Å²) in [6.07, 6.45) is 8.64. The van der Waals surface area contributed by atoms with Gasteiger partial charge in [-0.2, -0.15) is 4.52 Å². The van der Waals surface area contributed by atoms with Gasteiger partial charge in [0.15, 0.2) is 11.5 Å². The molecular weight excluding hydrogens is 362 g/mol. The van der Waals surface area contributed by atoms with E-state index in [0.717, 1.165) is 47.6 Å². The van der Waals surface area contributed by atoms with Crippen molar-refractivity contribution in [2.45, 2.75) is 25.7 Å². The van der Waals surface area contributed by atoms with Crippen LogP contribution in [0.4, 0.5) is 5.95 Å². The molecular formula is C22H25N7. The van der Waals surface area contributed by atoms with Crippen LogP contribution in [0.5, 0.6) is 0 Å². The molecule has 1 aliphatic heterocycles. The number of likely N-dealkylation sites (tertiary alicyclic amines) is 1. The lowest BCUT2D eigenvalue weighted by Gasteiger charge is -2.26. The molecule has 7 nitrogen and oxygen atoms in total. The highest BCUT2D eigenvalue weighted by atomic mass is 15.4. The van der Waals surface area contributed by atoms with Gasteiger partial charge in [0.1, 0.15) is 0 Å². The van der Waals surface area contributed by atoms with Crippen molar-refractivity contribution in [2.24, 2.45) is 0 Å². The molecule has 0 aliphatic carbocycles. The van der Waals surface area contributed by atoms with Crippen LogP contribution in [0.25, 0.3) is 27.9 Å². The van der Waals surface area contributed by atoms with Crippen LogP contribution < -0.4 is 5.32 Å². The lowest BCUT2D eigenvalue weighted by molar-refractivity contribution is 0.228. The number of para-hydroxylation sites is 1. The molecule has 4 aromatic rings. The Hall–Kier alpha value is -3.06. The van der Waals surface area contributed by atoms with Crippen molar-refractivity contribution in [1.82, 2.24) is 29.5 Å². The maximum absolute atomic E-state index is 4.82. The number of piperidine rings is 1. The van der Waals surface area contributed by atoms with E-state index in [4.69, 9.17) is 15.1 Å². The van der Waals surface area contributed by atoms with Gasteiger partial charge in [-0.1, -0.05) is 18.6 Å². The van der Waals surface area contributed by atoms with Gasteiger partial charge in [-0.15, -0.1) is 5.10 Å². The molecule has 0 spiro atoms. The highest BCUT2D eigenvalue weighted by Gasteiger charge is 2.14. The van der Waals surface area contributed by atoms with Gasteiger partial charge in [0, 0.05) is 29.9 Å². The Kier molecular flexibility index (Phi) is 5.04. The number of nitrogens with one attached hydrogen (secondary N) is 1. The molecule has 1 aromatic carbocycles. The van der Waals surface area contributed by atoms with Crippen molar-refractivity contribution >= 4 is 22.5 Å². The third-order valence-electron chi connectivity index (χ3n) is 5.50. The van der Waals surface area contributed by atoms with Crippen LogP contribution in [-0.4, -0.2) is 55.6 Å². The third kappa shape index (κ3) is 3.78. The molecule has 3 aromatic heterocycles. The normalized spacial score (nSPS) is 15.2. The van der Waals surface area contributed by atoms with E-state index in [2.05, 4.69) is 15.2 Å². The molecule has 5 rings (SSSR count). The fourth-order valence-electron chi connectivity index (χ4n) is 3.98. The first kappa shape index (κ1) is 18.0. The molecule has 0 radical (unpaired) electrons. The monoisotopic (exact) mass is 387 g/mol. The largest absolute Gasteiger partial charge is 0.354 e. The maximum Gasteiger partial charge on any atom is 0.226 e. The first-order valence-corrected chi connectivity index (χ1v) is 10.4. The zero-order valence-corrected chi connectivity index (χ0v) is 16.5. The topological polar surface area (TPSA) is 71.2 Å². The summed E-state index contributed by atoms with van der Waals surface area (Å²) in [6, 6.07) is 11.9. The van der Waals surface area contributed by atoms with Gasteiger partial charge in [0.2, 0.25) is 5.95 Å². The molecule has 1 aliphatic rings. The Labute approximate surface area is 169 Å². The summed E-state index contributed by atoms with van der Waals surface area (Å²) in [4.78, 5) is 16.3. The number of hydrogen-bond acceptors (Lipinski definition) is 6. The number of benzene rings is 1. The highest BCUT2D eigenvalue weighted by molar-refractivity contribution is 5.92. The summed E-state index contributed by atoms with van der Waals surface area (Å²) in [5, 5.41) is 9.24. The van der Waals surface area contributed by atoms with Gasteiger partial charge in [0.05, 0.1) is 5.52 Å². The average molecular weight is 387 g/mol. The van der Waals surface area contributed by atoms with Crippen LogP contribution in [0.15, 0.2) is 48.8 Å². The van der Waals surface area contributed by atoms with Crippen molar-refractivity contribution in [3.05, 3.63) is 48.8 Å². The summed E-state index contributed by atoms with van der Waals surface area (Å²) >= 11 is 0. The van der Waals surface area contributed by atoms with Crippen LogP contribution in [0.2, 0.25) is 0 Å². The summed E-state index contributed by atoms with van der Waals surface area (Å²) in [5.41, 5.74) is 2.69. The van der Waals surface area contributed by atoms with E-state index < -0.39 is 0 Å². The van der Waals surface area contributed by atoms with Gasteiger partial charge >= 0.3 is 0 Å². The van der Waals surface area contributed by atoms with E-state index in [1.54, 1.807) is 12.4 Å². The lowest BCUT2D eigenvalue weighted by atomic mass is 10.1. The fourth-order valence-corrected chi connectivity index (χ4v) is 3.98. The first-order chi connectivity index (χ1) is 14.4. The maximum atomic E-state index is 4.82. The van der Waals surface area contributed by atoms with E-state index in [1.165, 1.54) is 32.4 Å². The minimum Gasteiger partial charge on any atom is -0.354 e. The number of pyridine rings is 1. The molecule has 0 amide bonds. The smallest absolute Gasteiger partial charge is 0.226 e. The van der Waals surface area contributed by atoms with Gasteiger partial charge in [-0.3, -0.25) is 4.98 Å². The standard InChI is InChI=1S/C22H25N7/c1-4-14-28(15-5-1)16-6-11-24-22-25-19-8-3-2-7-18(19)21-26-20(27-29(21)22)17-9-12-23-13-10-17/h2-3,7-10,12-13H,1,4-6,11,14-16H2,(H,24,25). The summed E-state index contributed by atoms with van der Waals surface area (Å²) in [6.45, 7) is 4.46. The predicted molar refractivity (Wildman–Crippen MR) is 115 cm³/mol. The number of rotatable bonds is 6. The van der Waals surface area contributed by atoms with Crippen LogP contribution in [0.1, 0.15) is 25.7 Å². The molecule has 0 bridgehead atoms. The van der Waals surface area contributed by atoms with Crippen LogP contribution in [0.3, 0.4) is 0 Å². The molecule has 7 heteroatoms. The second-order valence-corrected chi connectivity index (χ2v) is 7.54. The highest BCUT2D eigenvalue weighted by Crippen LogP contribution is 2.23. The zero-order chi connectivity index (χ0) is 19.5. The molecule has 29 heavy (non-hydrogen) atoms. The van der Waals surface area contributed by atoms with Crippen molar-refractivity contribution in [3.8, 4) is 11.4 Å². The lowest BCUT2D eigenvalue weighted by Crippen LogP contribution is -2.31. The van der Waals surface area contributed by atoms with Gasteiger partial charge in [0.25, 0.3) is 0 Å². The Morgan fingerprint density at radius 1 is 0.931 bits per heavy atom. The van der Waals surface area contributed by atoms with Gasteiger partial charge in [-0.25, -0.2) is 9.97 Å². The molecule has 0 atom stereocenters. The molecule has 1 N–H and O–H groups in total. The molecule has 1 fully saturated rings. The molecule has 148 valence electrons. The molecule has 1 saturated heterocycles. The molecule has 0 saturated carbocycles. The average Bonchev–Trinajstić information content (AvgIpc) is 3.24. The Bertz CT molecular complexity index is 1100. The van der Waals surface area contributed by atoms with E-state index >= 15 is 0 Å². The van der Waals surface area contributed by atoms with Crippen molar-refractivity contribution in [1.29, 1.82) is 0 Å². The summed E-state index contributed by atoms with van der Waals surface area (Å²) < 4.78 is 1.83. The van der Waals surface area contributed by atoms with Crippen molar-refractivity contribution in [3.63, 3.8) is 0 Å². The summed E-state index contributed by atoms with van der Waals surface area (Å²) in [5.74, 6) is 1.42. The number of aromatic nitrogens is 5. The van der Waals surface area contributed by atoms with Crippen LogP contribution in [-0.2, 0) is 0 Å². The van der Waals surface area contributed by atoms with E-state index in [9.17, 15) is 0 Å². The second-order valence-electron chi connectivity index (χ2n) is 7.54. The molecule has 0 unspecified atom stereocenters. The fraction of sp³-hybridized carbons (Fsp3) is 0.364. The number of fused-ring (bicyclic) bond motifs is 3. The minimum absolute atomic E-state index is 0.682. The number of anilines is 1. The number of hydrogen-bond donors (Lipinski definition) is 1. The van der Waals surface area contributed by atoms with Gasteiger partial charge < -0.3 is 10.2 Å². The van der Waals surface area contributed by atoms with E-state index in [1.807, 2.05) is 40.9 Å². The van der Waals surface area contributed by atoms with Crippen LogP contribution in [0, 0.1) is 0 Å². The Morgan fingerprint density at radius 3 is 2.62 bits per heavy atom. The predicted octanol–water partition coefficient (Wildman–Crippen LogP) is 3.63. The van der Waals surface area contributed by atoms with Crippen molar-refractivity contribution < 1.29 is 0 Å². The second kappa shape index (κ2) is 8.13. The van der Waals surface area contributed by atoms with Gasteiger partial charge in [-0.05, 0) is 63.2 Å².